The van der Waals surface area contributed by atoms with Crippen LogP contribution >= 0.6 is 0 Å². The molecular weight excluding hydrogens is 264 g/mol. The van der Waals surface area contributed by atoms with Crippen molar-refractivity contribution < 1.29 is 8.42 Å². The van der Waals surface area contributed by atoms with Gasteiger partial charge in [0.2, 0.25) is 10.0 Å². The molecule has 19 heavy (non-hydrogen) atoms. The van der Waals surface area contributed by atoms with Crippen LogP contribution in [-0.4, -0.2) is 24.9 Å². The second-order valence-corrected chi connectivity index (χ2v) is 5.77. The molecule has 0 saturated carbocycles. The molecule has 4 N–H and O–H groups in total. The molecule has 0 amide bonds. The van der Waals surface area contributed by atoms with Crippen LogP contribution in [0.3, 0.4) is 0 Å². The molecule has 0 aliphatic carbocycles. The summed E-state index contributed by atoms with van der Waals surface area (Å²) in [5.74, 6) is 0. The highest BCUT2D eigenvalue weighted by molar-refractivity contribution is 7.89. The average Bonchev–Trinajstić information content (AvgIpc) is 2.91. The quantitative estimate of drug-likeness (QED) is 0.712. The van der Waals surface area contributed by atoms with Gasteiger partial charge in [0.25, 0.3) is 0 Å². The standard InChI is InChI=1S/C12H16N4O2S/c13-7-10-3-1-2-4-12(10)19(17,18)16-6-5-11-8-14-9-15-11/h1-4,8-9,16H,5-7,13H2,(H,14,15). The van der Waals surface area contributed by atoms with E-state index in [1.807, 2.05) is 0 Å². The van der Waals surface area contributed by atoms with Crippen LogP contribution in [0.2, 0.25) is 0 Å². The number of nitrogens with two attached hydrogens (primary N) is 1. The van der Waals surface area contributed by atoms with Crippen molar-refractivity contribution in [2.75, 3.05) is 6.54 Å². The van der Waals surface area contributed by atoms with Crippen LogP contribution in [0, 0.1) is 0 Å². The van der Waals surface area contributed by atoms with Crippen molar-refractivity contribution in [3.8, 4) is 0 Å². The molecular formula is C12H16N4O2S. The summed E-state index contributed by atoms with van der Waals surface area (Å²) in [6, 6.07) is 6.72. The lowest BCUT2D eigenvalue weighted by atomic mass is 10.2. The zero-order valence-corrected chi connectivity index (χ0v) is 11.2. The maximum absolute atomic E-state index is 12.1. The third kappa shape index (κ3) is 3.40. The normalized spacial score (nSPS) is 11.6. The van der Waals surface area contributed by atoms with E-state index < -0.39 is 10.0 Å². The lowest BCUT2D eigenvalue weighted by Gasteiger charge is -2.09. The molecule has 0 atom stereocenters. The topological polar surface area (TPSA) is 101 Å². The number of nitrogens with zero attached hydrogens (tertiary/aromatic N) is 1. The maximum atomic E-state index is 12.1. The highest BCUT2D eigenvalue weighted by Crippen LogP contribution is 2.14. The van der Waals surface area contributed by atoms with E-state index >= 15 is 0 Å². The van der Waals surface area contributed by atoms with E-state index in [9.17, 15) is 8.42 Å². The molecule has 0 radical (unpaired) electrons. The Balaban J connectivity index is 2.05. The number of aromatic amines is 1. The summed E-state index contributed by atoms with van der Waals surface area (Å²) >= 11 is 0. The van der Waals surface area contributed by atoms with Gasteiger partial charge in [0, 0.05) is 31.4 Å². The van der Waals surface area contributed by atoms with E-state index in [2.05, 4.69) is 14.7 Å². The Bertz CT molecular complexity index is 623. The van der Waals surface area contributed by atoms with Crippen LogP contribution in [0.25, 0.3) is 0 Å². The largest absolute Gasteiger partial charge is 0.348 e. The minimum absolute atomic E-state index is 0.192. The summed E-state index contributed by atoms with van der Waals surface area (Å²) in [6.07, 6.45) is 3.79. The zero-order valence-electron chi connectivity index (χ0n) is 10.3. The SMILES string of the molecule is NCc1ccccc1S(=O)(=O)NCCc1cnc[nH]1. The van der Waals surface area contributed by atoms with Crippen molar-refractivity contribution in [3.63, 3.8) is 0 Å². The molecule has 7 heteroatoms. The van der Waals surface area contributed by atoms with Gasteiger partial charge in [0.1, 0.15) is 0 Å². The summed E-state index contributed by atoms with van der Waals surface area (Å²) < 4.78 is 26.9. The molecule has 0 aliphatic rings. The van der Waals surface area contributed by atoms with Gasteiger partial charge >= 0.3 is 0 Å². The molecule has 1 aromatic heterocycles. The molecule has 0 unspecified atom stereocenters. The van der Waals surface area contributed by atoms with Crippen LogP contribution in [0.5, 0.6) is 0 Å². The van der Waals surface area contributed by atoms with Gasteiger partial charge in [0.15, 0.2) is 0 Å². The fourth-order valence-electron chi connectivity index (χ4n) is 1.75. The first kappa shape index (κ1) is 13.7. The summed E-state index contributed by atoms with van der Waals surface area (Å²) in [5.41, 5.74) is 7.04. The zero-order chi connectivity index (χ0) is 13.7. The second kappa shape index (κ2) is 5.96. The molecule has 2 aromatic rings. The molecule has 1 heterocycles. The number of hydrogen-bond acceptors (Lipinski definition) is 4. The maximum Gasteiger partial charge on any atom is 0.240 e. The first-order valence-corrected chi connectivity index (χ1v) is 7.36. The Morgan fingerprint density at radius 1 is 1.32 bits per heavy atom. The lowest BCUT2D eigenvalue weighted by Crippen LogP contribution is -2.27. The van der Waals surface area contributed by atoms with E-state index in [-0.39, 0.29) is 11.4 Å². The molecule has 0 spiro atoms. The molecule has 0 bridgehead atoms. The number of hydrogen-bond donors (Lipinski definition) is 3. The second-order valence-electron chi connectivity index (χ2n) is 4.04. The fraction of sp³-hybridized carbons (Fsp3) is 0.250. The number of nitrogens with one attached hydrogen (secondary N) is 2. The molecule has 0 saturated heterocycles. The van der Waals surface area contributed by atoms with E-state index in [1.165, 1.54) is 0 Å². The number of benzene rings is 1. The highest BCUT2D eigenvalue weighted by Gasteiger charge is 2.16. The lowest BCUT2D eigenvalue weighted by molar-refractivity contribution is 0.580. The van der Waals surface area contributed by atoms with Gasteiger partial charge in [-0.25, -0.2) is 18.1 Å². The van der Waals surface area contributed by atoms with Gasteiger partial charge in [-0.15, -0.1) is 0 Å². The number of aromatic nitrogens is 2. The third-order valence-electron chi connectivity index (χ3n) is 2.72. The summed E-state index contributed by atoms with van der Waals surface area (Å²) in [5, 5.41) is 0. The van der Waals surface area contributed by atoms with Crippen LogP contribution in [0.15, 0.2) is 41.7 Å². The monoisotopic (exact) mass is 280 g/mol. The Labute approximate surface area is 112 Å². The summed E-state index contributed by atoms with van der Waals surface area (Å²) in [4.78, 5) is 7.03. The molecule has 102 valence electrons. The smallest absolute Gasteiger partial charge is 0.240 e. The Morgan fingerprint density at radius 2 is 2.11 bits per heavy atom. The predicted octanol–water partition coefficient (Wildman–Crippen LogP) is 0.389. The van der Waals surface area contributed by atoms with E-state index in [1.54, 1.807) is 36.8 Å². The van der Waals surface area contributed by atoms with Gasteiger partial charge in [-0.3, -0.25) is 0 Å². The van der Waals surface area contributed by atoms with Crippen LogP contribution in [-0.2, 0) is 23.0 Å². The summed E-state index contributed by atoms with van der Waals surface area (Å²) in [6.45, 7) is 0.501. The minimum Gasteiger partial charge on any atom is -0.348 e. The van der Waals surface area contributed by atoms with Crippen LogP contribution in [0.4, 0.5) is 0 Å². The van der Waals surface area contributed by atoms with Crippen molar-refractivity contribution in [2.45, 2.75) is 17.9 Å². The fourth-order valence-corrected chi connectivity index (χ4v) is 3.03. The van der Waals surface area contributed by atoms with E-state index in [0.717, 1.165) is 5.69 Å². The van der Waals surface area contributed by atoms with E-state index in [0.29, 0.717) is 18.5 Å². The Hall–Kier alpha value is -1.70. The molecule has 0 fully saturated rings. The van der Waals surface area contributed by atoms with Crippen molar-refractivity contribution in [2.24, 2.45) is 5.73 Å². The average molecular weight is 280 g/mol. The van der Waals surface area contributed by atoms with Crippen molar-refractivity contribution in [3.05, 3.63) is 48.0 Å². The molecule has 0 aliphatic heterocycles. The minimum atomic E-state index is -3.52. The molecule has 1 aromatic carbocycles. The van der Waals surface area contributed by atoms with Crippen LogP contribution < -0.4 is 10.5 Å². The summed E-state index contributed by atoms with van der Waals surface area (Å²) in [7, 11) is -3.52. The van der Waals surface area contributed by atoms with Gasteiger partial charge < -0.3 is 10.7 Å². The van der Waals surface area contributed by atoms with Gasteiger partial charge in [-0.05, 0) is 11.6 Å². The van der Waals surface area contributed by atoms with Gasteiger partial charge in [-0.1, -0.05) is 18.2 Å². The number of sulfonamides is 1. The highest BCUT2D eigenvalue weighted by atomic mass is 32.2. The first-order chi connectivity index (χ1) is 9.13. The van der Waals surface area contributed by atoms with Gasteiger partial charge in [-0.2, -0.15) is 0 Å². The Morgan fingerprint density at radius 3 is 2.79 bits per heavy atom. The van der Waals surface area contributed by atoms with Crippen molar-refractivity contribution >= 4 is 10.0 Å². The number of H-pyrrole nitrogens is 1. The van der Waals surface area contributed by atoms with E-state index in [4.69, 9.17) is 5.73 Å². The molecule has 2 rings (SSSR count). The Kier molecular flexibility index (Phi) is 4.31. The number of rotatable bonds is 6. The van der Waals surface area contributed by atoms with Crippen LogP contribution in [0.1, 0.15) is 11.3 Å². The number of imidazole rings is 1. The van der Waals surface area contributed by atoms with Crippen molar-refractivity contribution in [1.29, 1.82) is 0 Å². The first-order valence-electron chi connectivity index (χ1n) is 5.88. The molecule has 6 nitrogen and oxygen atoms in total. The third-order valence-corrected chi connectivity index (χ3v) is 4.28. The van der Waals surface area contributed by atoms with Crippen molar-refractivity contribution in [1.82, 2.24) is 14.7 Å². The predicted molar refractivity (Wildman–Crippen MR) is 71.8 cm³/mol. The van der Waals surface area contributed by atoms with Gasteiger partial charge in [0.05, 0.1) is 11.2 Å².